The minimum atomic E-state index is -0.488. The molecule has 154 valence electrons. The molecular formula is C26H28N2O2. The summed E-state index contributed by atoms with van der Waals surface area (Å²) in [4.78, 5) is 17.3. The largest absolute Gasteiger partial charge is 0.481 e. The van der Waals surface area contributed by atoms with E-state index in [9.17, 15) is 4.79 Å². The van der Waals surface area contributed by atoms with Crippen LogP contribution in [0.1, 0.15) is 24.1 Å². The van der Waals surface area contributed by atoms with Crippen molar-refractivity contribution in [1.82, 2.24) is 9.80 Å². The standard InChI is InChI=1S/C26H28N2O2/c1-21(30-24-15-9-4-10-16-24)26(29)28-19-17-27(18-20-28)25(22-11-5-2-6-12-22)23-13-7-3-8-14-23/h2-16,21,25H,17-20H2,1H3. The highest BCUT2D eigenvalue weighted by molar-refractivity contribution is 5.81. The highest BCUT2D eigenvalue weighted by Gasteiger charge is 2.30. The third kappa shape index (κ3) is 4.71. The van der Waals surface area contributed by atoms with E-state index in [1.54, 1.807) is 0 Å². The van der Waals surface area contributed by atoms with Gasteiger partial charge in [0.2, 0.25) is 0 Å². The normalized spacial score (nSPS) is 15.7. The van der Waals surface area contributed by atoms with Crippen molar-refractivity contribution in [3.8, 4) is 5.75 Å². The lowest BCUT2D eigenvalue weighted by molar-refractivity contribution is -0.140. The van der Waals surface area contributed by atoms with E-state index in [-0.39, 0.29) is 11.9 Å². The van der Waals surface area contributed by atoms with Crippen molar-refractivity contribution in [2.45, 2.75) is 19.1 Å². The molecule has 0 radical (unpaired) electrons. The first-order valence-corrected chi connectivity index (χ1v) is 10.6. The van der Waals surface area contributed by atoms with Crippen LogP contribution in [0.4, 0.5) is 0 Å². The lowest BCUT2D eigenvalue weighted by Gasteiger charge is -2.40. The molecule has 1 heterocycles. The first kappa shape index (κ1) is 20.2. The highest BCUT2D eigenvalue weighted by atomic mass is 16.5. The van der Waals surface area contributed by atoms with Crippen LogP contribution in [0.25, 0.3) is 0 Å². The number of benzene rings is 3. The Morgan fingerprint density at radius 3 is 1.70 bits per heavy atom. The number of nitrogens with zero attached hydrogens (tertiary/aromatic N) is 2. The molecule has 4 heteroatoms. The molecule has 1 aliphatic rings. The predicted octanol–water partition coefficient (Wildman–Crippen LogP) is 4.39. The molecule has 1 saturated heterocycles. The van der Waals surface area contributed by atoms with E-state index in [4.69, 9.17) is 4.74 Å². The third-order valence-corrected chi connectivity index (χ3v) is 5.63. The van der Waals surface area contributed by atoms with Gasteiger partial charge in [-0.25, -0.2) is 0 Å². The molecule has 0 N–H and O–H groups in total. The van der Waals surface area contributed by atoms with Crippen LogP contribution in [0, 0.1) is 0 Å². The van der Waals surface area contributed by atoms with Gasteiger partial charge in [0.05, 0.1) is 6.04 Å². The van der Waals surface area contributed by atoms with Crippen LogP contribution in [0.3, 0.4) is 0 Å². The molecular weight excluding hydrogens is 372 g/mol. The lowest BCUT2D eigenvalue weighted by atomic mass is 9.96. The van der Waals surface area contributed by atoms with E-state index in [1.807, 2.05) is 42.2 Å². The average Bonchev–Trinajstić information content (AvgIpc) is 2.81. The van der Waals surface area contributed by atoms with Crippen LogP contribution >= 0.6 is 0 Å². The molecule has 4 rings (SSSR count). The fraction of sp³-hybridized carbons (Fsp3) is 0.269. The summed E-state index contributed by atoms with van der Waals surface area (Å²) in [5.74, 6) is 0.777. The molecule has 3 aromatic rings. The Balaban J connectivity index is 1.42. The van der Waals surface area contributed by atoms with Gasteiger partial charge in [-0.2, -0.15) is 0 Å². The van der Waals surface area contributed by atoms with Crippen LogP contribution < -0.4 is 4.74 Å². The summed E-state index contributed by atoms with van der Waals surface area (Å²) in [6.45, 7) is 4.91. The molecule has 1 unspecified atom stereocenters. The molecule has 4 nitrogen and oxygen atoms in total. The molecule has 1 fully saturated rings. The van der Waals surface area contributed by atoms with Gasteiger partial charge in [0.25, 0.3) is 5.91 Å². The monoisotopic (exact) mass is 400 g/mol. The summed E-state index contributed by atoms with van der Waals surface area (Å²) in [7, 11) is 0. The quantitative estimate of drug-likeness (QED) is 0.615. The van der Waals surface area contributed by atoms with E-state index in [1.165, 1.54) is 11.1 Å². The Morgan fingerprint density at radius 2 is 1.20 bits per heavy atom. The zero-order valence-corrected chi connectivity index (χ0v) is 17.4. The van der Waals surface area contributed by atoms with E-state index >= 15 is 0 Å². The van der Waals surface area contributed by atoms with Gasteiger partial charge >= 0.3 is 0 Å². The molecule has 0 aliphatic carbocycles. The number of ether oxygens (including phenoxy) is 1. The first-order valence-electron chi connectivity index (χ1n) is 10.6. The SMILES string of the molecule is CC(Oc1ccccc1)C(=O)N1CCN(C(c2ccccc2)c2ccccc2)CC1. The summed E-state index contributed by atoms with van der Waals surface area (Å²) in [6.07, 6.45) is -0.488. The van der Waals surface area contributed by atoms with Gasteiger partial charge in [-0.3, -0.25) is 9.69 Å². The minimum Gasteiger partial charge on any atom is -0.481 e. The molecule has 3 aromatic carbocycles. The summed E-state index contributed by atoms with van der Waals surface area (Å²) in [5.41, 5.74) is 2.56. The number of rotatable bonds is 6. The Labute approximate surface area is 178 Å². The second kappa shape index (κ2) is 9.59. The average molecular weight is 401 g/mol. The van der Waals surface area contributed by atoms with E-state index < -0.39 is 6.10 Å². The molecule has 1 atom stereocenters. The van der Waals surface area contributed by atoms with Crippen LogP contribution in [0.2, 0.25) is 0 Å². The van der Waals surface area contributed by atoms with Crippen LogP contribution in [0.5, 0.6) is 5.75 Å². The number of carbonyl (C=O) groups is 1. The Hall–Kier alpha value is -3.11. The summed E-state index contributed by atoms with van der Waals surface area (Å²) in [5, 5.41) is 0. The topological polar surface area (TPSA) is 32.8 Å². The van der Waals surface area contributed by atoms with E-state index in [2.05, 4.69) is 65.6 Å². The number of hydrogen-bond donors (Lipinski definition) is 0. The van der Waals surface area contributed by atoms with E-state index in [0.29, 0.717) is 13.1 Å². The van der Waals surface area contributed by atoms with Gasteiger partial charge < -0.3 is 9.64 Å². The minimum absolute atomic E-state index is 0.0504. The number of para-hydroxylation sites is 1. The Bertz CT molecular complexity index is 884. The molecule has 1 amide bonds. The van der Waals surface area contributed by atoms with Crippen molar-refractivity contribution in [1.29, 1.82) is 0 Å². The van der Waals surface area contributed by atoms with Crippen molar-refractivity contribution < 1.29 is 9.53 Å². The maximum atomic E-state index is 12.9. The molecule has 0 aromatic heterocycles. The second-order valence-corrected chi connectivity index (χ2v) is 7.66. The van der Waals surface area contributed by atoms with Gasteiger partial charge in [-0.15, -0.1) is 0 Å². The number of piperazine rings is 1. The van der Waals surface area contributed by atoms with Gasteiger partial charge in [0.1, 0.15) is 5.75 Å². The fourth-order valence-corrected chi connectivity index (χ4v) is 4.10. The number of amides is 1. The highest BCUT2D eigenvalue weighted by Crippen LogP contribution is 2.29. The predicted molar refractivity (Wildman–Crippen MR) is 119 cm³/mol. The van der Waals surface area contributed by atoms with Crippen molar-refractivity contribution in [3.05, 3.63) is 102 Å². The maximum absolute atomic E-state index is 12.9. The second-order valence-electron chi connectivity index (χ2n) is 7.66. The number of hydrogen-bond acceptors (Lipinski definition) is 3. The molecule has 0 bridgehead atoms. The number of carbonyl (C=O) groups excluding carboxylic acids is 1. The van der Waals surface area contributed by atoms with Crippen molar-refractivity contribution in [3.63, 3.8) is 0 Å². The lowest BCUT2D eigenvalue weighted by Crippen LogP contribution is -2.52. The molecule has 0 spiro atoms. The summed E-state index contributed by atoms with van der Waals surface area (Å²) < 4.78 is 5.84. The van der Waals surface area contributed by atoms with Crippen molar-refractivity contribution in [2.75, 3.05) is 26.2 Å². The van der Waals surface area contributed by atoms with Crippen molar-refractivity contribution >= 4 is 5.91 Å². The van der Waals surface area contributed by atoms with E-state index in [0.717, 1.165) is 18.8 Å². The molecule has 30 heavy (non-hydrogen) atoms. The molecule has 0 saturated carbocycles. The van der Waals surface area contributed by atoms with Crippen LogP contribution in [-0.2, 0) is 4.79 Å². The van der Waals surface area contributed by atoms with Gasteiger partial charge in [0.15, 0.2) is 6.10 Å². The van der Waals surface area contributed by atoms with Crippen molar-refractivity contribution in [2.24, 2.45) is 0 Å². The third-order valence-electron chi connectivity index (χ3n) is 5.63. The summed E-state index contributed by atoms with van der Waals surface area (Å²) in [6, 6.07) is 30.9. The fourth-order valence-electron chi connectivity index (χ4n) is 4.10. The maximum Gasteiger partial charge on any atom is 0.263 e. The van der Waals surface area contributed by atoms with Gasteiger partial charge in [0, 0.05) is 26.2 Å². The first-order chi connectivity index (χ1) is 14.7. The molecule has 1 aliphatic heterocycles. The van der Waals surface area contributed by atoms with Crippen LogP contribution in [-0.4, -0.2) is 48.0 Å². The zero-order valence-electron chi connectivity index (χ0n) is 17.4. The smallest absolute Gasteiger partial charge is 0.263 e. The zero-order chi connectivity index (χ0) is 20.8. The van der Waals surface area contributed by atoms with Crippen LogP contribution in [0.15, 0.2) is 91.0 Å². The van der Waals surface area contributed by atoms with Gasteiger partial charge in [-0.05, 0) is 30.2 Å². The summed E-state index contributed by atoms with van der Waals surface area (Å²) >= 11 is 0. The Kier molecular flexibility index (Phi) is 6.45. The van der Waals surface area contributed by atoms with Gasteiger partial charge in [-0.1, -0.05) is 78.9 Å². The Morgan fingerprint density at radius 1 is 0.733 bits per heavy atom.